The molecule has 114 valence electrons. The Labute approximate surface area is 131 Å². The van der Waals surface area contributed by atoms with Gasteiger partial charge >= 0.3 is 5.97 Å². The van der Waals surface area contributed by atoms with Crippen LogP contribution in [0.2, 0.25) is 0 Å². The summed E-state index contributed by atoms with van der Waals surface area (Å²) >= 11 is 0. The summed E-state index contributed by atoms with van der Waals surface area (Å²) in [5.74, 6) is 0.0194. The van der Waals surface area contributed by atoms with Gasteiger partial charge in [-0.2, -0.15) is 0 Å². The van der Waals surface area contributed by atoms with Crippen LogP contribution in [0.3, 0.4) is 0 Å². The first-order valence-electron chi connectivity index (χ1n) is 6.89. The third-order valence-corrected chi connectivity index (χ3v) is 4.85. The van der Waals surface area contributed by atoms with E-state index in [4.69, 9.17) is 4.74 Å². The third-order valence-electron chi connectivity index (χ3n) is 4.03. The Kier molecular flexibility index (Phi) is 3.78. The van der Waals surface area contributed by atoms with Gasteiger partial charge in [0.05, 0.1) is 17.9 Å². The van der Waals surface area contributed by atoms with Crippen LogP contribution >= 0.6 is 0 Å². The van der Waals surface area contributed by atoms with Crippen molar-refractivity contribution in [3.8, 4) is 0 Å². The van der Waals surface area contributed by atoms with Gasteiger partial charge in [-0.3, -0.25) is 9.00 Å². The zero-order valence-electron chi connectivity index (χ0n) is 12.4. The Balaban J connectivity index is 2.12. The van der Waals surface area contributed by atoms with Crippen LogP contribution in [0.25, 0.3) is 0 Å². The molecule has 1 aromatic carbocycles. The van der Waals surface area contributed by atoms with Crippen LogP contribution < -0.4 is 0 Å². The Morgan fingerprint density at radius 2 is 1.86 bits per heavy atom. The molecule has 1 atom stereocenters. The predicted octanol–water partition coefficient (Wildman–Crippen LogP) is 1.42. The summed E-state index contributed by atoms with van der Waals surface area (Å²) in [6.07, 6.45) is 4.10. The second-order valence-electron chi connectivity index (χ2n) is 5.37. The molecule has 0 radical (unpaired) electrons. The molecule has 0 bridgehead atoms. The molecule has 22 heavy (non-hydrogen) atoms. The number of carbonyl (C=O) groups excluding carboxylic acids is 1. The molecule has 5 nitrogen and oxygen atoms in total. The second kappa shape index (κ2) is 5.61. The lowest BCUT2D eigenvalue weighted by Gasteiger charge is -2.24. The first kappa shape index (κ1) is 14.8. The summed E-state index contributed by atoms with van der Waals surface area (Å²) in [5, 5.41) is 0.421. The van der Waals surface area contributed by atoms with E-state index in [-0.39, 0.29) is 5.97 Å². The van der Waals surface area contributed by atoms with Gasteiger partial charge in [0.1, 0.15) is 16.3 Å². The normalized spacial score (nSPS) is 16.8. The number of benzene rings is 1. The molecule has 0 N–H and O–H groups in total. The molecule has 1 aromatic heterocycles. The standard InChI is InChI=1S/C16H16N2O3S/c1-21-15(19)16(9-11-5-3-4-6-12(11)10-16)14-17-8-7-13(18-14)22(2)20/h3-8H,9-10H2,1-2H3. The van der Waals surface area contributed by atoms with Crippen molar-refractivity contribution in [3.63, 3.8) is 0 Å². The minimum Gasteiger partial charge on any atom is -0.468 e. The number of hydrogen-bond donors (Lipinski definition) is 0. The quantitative estimate of drug-likeness (QED) is 0.633. The average molecular weight is 316 g/mol. The average Bonchev–Trinajstić information content (AvgIpc) is 2.95. The fourth-order valence-electron chi connectivity index (χ4n) is 2.94. The Morgan fingerprint density at radius 1 is 1.23 bits per heavy atom. The van der Waals surface area contributed by atoms with E-state index in [1.54, 1.807) is 18.5 Å². The van der Waals surface area contributed by atoms with Crippen molar-refractivity contribution < 1.29 is 13.7 Å². The van der Waals surface area contributed by atoms with Gasteiger partial charge in [0.2, 0.25) is 0 Å². The van der Waals surface area contributed by atoms with Crippen LogP contribution in [0, 0.1) is 0 Å². The lowest BCUT2D eigenvalue weighted by atomic mass is 9.83. The topological polar surface area (TPSA) is 69.2 Å². The largest absolute Gasteiger partial charge is 0.468 e. The first-order valence-corrected chi connectivity index (χ1v) is 8.45. The smallest absolute Gasteiger partial charge is 0.320 e. The van der Waals surface area contributed by atoms with Crippen molar-refractivity contribution in [1.82, 2.24) is 9.97 Å². The maximum absolute atomic E-state index is 12.5. The number of ether oxygens (including phenoxy) is 1. The maximum atomic E-state index is 12.5. The zero-order valence-corrected chi connectivity index (χ0v) is 13.2. The van der Waals surface area contributed by atoms with Gasteiger partial charge in [-0.1, -0.05) is 24.3 Å². The second-order valence-corrected chi connectivity index (χ2v) is 6.70. The van der Waals surface area contributed by atoms with E-state index in [1.165, 1.54) is 7.11 Å². The molecule has 0 aliphatic heterocycles. The molecule has 1 aliphatic rings. The number of methoxy groups -OCH3 is 1. The van der Waals surface area contributed by atoms with Gasteiger partial charge < -0.3 is 4.74 Å². The predicted molar refractivity (Wildman–Crippen MR) is 81.9 cm³/mol. The summed E-state index contributed by atoms with van der Waals surface area (Å²) < 4.78 is 16.7. The summed E-state index contributed by atoms with van der Waals surface area (Å²) in [6, 6.07) is 9.51. The molecular weight excluding hydrogens is 300 g/mol. The minimum atomic E-state index is -1.23. The Morgan fingerprint density at radius 3 is 2.41 bits per heavy atom. The number of fused-ring (bicyclic) bond motifs is 1. The molecule has 0 spiro atoms. The van der Waals surface area contributed by atoms with Crippen molar-refractivity contribution in [2.75, 3.05) is 13.4 Å². The Hall–Kier alpha value is -2.08. The summed E-state index contributed by atoms with van der Waals surface area (Å²) in [5.41, 5.74) is 1.26. The fraction of sp³-hybridized carbons (Fsp3) is 0.312. The molecule has 6 heteroatoms. The van der Waals surface area contributed by atoms with Gasteiger partial charge in [-0.15, -0.1) is 0 Å². The summed E-state index contributed by atoms with van der Waals surface area (Å²) in [4.78, 5) is 21.2. The van der Waals surface area contributed by atoms with Crippen molar-refractivity contribution in [2.45, 2.75) is 23.3 Å². The van der Waals surface area contributed by atoms with Gasteiger partial charge in [-0.25, -0.2) is 9.97 Å². The third kappa shape index (κ3) is 2.33. The highest BCUT2D eigenvalue weighted by Gasteiger charge is 2.49. The number of rotatable bonds is 3. The lowest BCUT2D eigenvalue weighted by Crippen LogP contribution is -2.40. The number of nitrogens with zero attached hydrogens (tertiary/aromatic N) is 2. The molecule has 0 amide bonds. The van der Waals surface area contributed by atoms with Crippen molar-refractivity contribution in [2.24, 2.45) is 0 Å². The SMILES string of the molecule is COC(=O)C1(c2nccc(S(C)=O)n2)Cc2ccccc2C1. The van der Waals surface area contributed by atoms with Crippen molar-refractivity contribution in [3.05, 3.63) is 53.5 Å². The number of hydrogen-bond acceptors (Lipinski definition) is 5. The number of aromatic nitrogens is 2. The van der Waals surface area contributed by atoms with E-state index in [9.17, 15) is 9.00 Å². The van der Waals surface area contributed by atoms with Crippen LogP contribution in [-0.2, 0) is 38.6 Å². The van der Waals surface area contributed by atoms with Crippen molar-refractivity contribution >= 4 is 16.8 Å². The molecule has 0 saturated carbocycles. The summed E-state index contributed by atoms with van der Waals surface area (Å²) in [7, 11) is 0.144. The molecule has 3 rings (SSSR count). The fourth-order valence-corrected chi connectivity index (χ4v) is 3.40. The molecule has 2 aromatic rings. The van der Waals surface area contributed by atoms with Crippen LogP contribution in [0.1, 0.15) is 17.0 Å². The van der Waals surface area contributed by atoms with Gasteiger partial charge in [0, 0.05) is 12.5 Å². The van der Waals surface area contributed by atoms with E-state index in [2.05, 4.69) is 9.97 Å². The van der Waals surface area contributed by atoms with E-state index < -0.39 is 16.2 Å². The van der Waals surface area contributed by atoms with Crippen molar-refractivity contribution in [1.29, 1.82) is 0 Å². The molecule has 1 heterocycles. The van der Waals surface area contributed by atoms with E-state index in [1.807, 2.05) is 24.3 Å². The molecule has 1 unspecified atom stereocenters. The number of esters is 1. The maximum Gasteiger partial charge on any atom is 0.320 e. The zero-order chi connectivity index (χ0) is 15.7. The molecule has 1 aliphatic carbocycles. The van der Waals surface area contributed by atoms with Gasteiger partial charge in [0.25, 0.3) is 0 Å². The highest BCUT2D eigenvalue weighted by atomic mass is 32.2. The lowest BCUT2D eigenvalue weighted by molar-refractivity contribution is -0.147. The van der Waals surface area contributed by atoms with E-state index >= 15 is 0 Å². The van der Waals surface area contributed by atoms with E-state index in [0.29, 0.717) is 23.7 Å². The van der Waals surface area contributed by atoms with Crippen LogP contribution in [-0.4, -0.2) is 33.5 Å². The molecular formula is C16H16N2O3S. The van der Waals surface area contributed by atoms with Crippen LogP contribution in [0.15, 0.2) is 41.6 Å². The van der Waals surface area contributed by atoms with Gasteiger partial charge in [0.15, 0.2) is 0 Å². The van der Waals surface area contributed by atoms with Crippen LogP contribution in [0.4, 0.5) is 0 Å². The minimum absolute atomic E-state index is 0.359. The highest BCUT2D eigenvalue weighted by Crippen LogP contribution is 2.39. The molecule has 0 fully saturated rings. The highest BCUT2D eigenvalue weighted by molar-refractivity contribution is 7.84. The Bertz CT molecular complexity index is 736. The first-order chi connectivity index (χ1) is 10.6. The van der Waals surface area contributed by atoms with Crippen LogP contribution in [0.5, 0.6) is 0 Å². The summed E-state index contributed by atoms with van der Waals surface area (Å²) in [6.45, 7) is 0. The number of carbonyl (C=O) groups is 1. The van der Waals surface area contributed by atoms with E-state index in [0.717, 1.165) is 11.1 Å². The monoisotopic (exact) mass is 316 g/mol. The van der Waals surface area contributed by atoms with Gasteiger partial charge in [-0.05, 0) is 30.0 Å². The molecule has 0 saturated heterocycles.